The molecule has 4 nitrogen and oxygen atoms in total. The van der Waals surface area contributed by atoms with Crippen LogP contribution in [0.1, 0.15) is 32.0 Å². The van der Waals surface area contributed by atoms with Crippen LogP contribution in [0.25, 0.3) is 0 Å². The van der Waals surface area contributed by atoms with Gasteiger partial charge in [-0.1, -0.05) is 6.92 Å². The summed E-state index contributed by atoms with van der Waals surface area (Å²) in [5.41, 5.74) is 0. The molecule has 16 heavy (non-hydrogen) atoms. The van der Waals surface area contributed by atoms with Crippen molar-refractivity contribution in [3.05, 3.63) is 18.2 Å². The zero-order valence-electron chi connectivity index (χ0n) is 10.4. The molecule has 0 fully saturated rings. The molecule has 0 amide bonds. The molecule has 1 aromatic rings. The smallest absolute Gasteiger partial charge is 0.122 e. The molecule has 1 N–H and O–H groups in total. The maximum atomic E-state index is 5.03. The van der Waals surface area contributed by atoms with E-state index in [1.165, 1.54) is 0 Å². The normalized spacial score (nSPS) is 10.9. The molecular formula is C12H23N3O. The summed E-state index contributed by atoms with van der Waals surface area (Å²) >= 11 is 0. The van der Waals surface area contributed by atoms with Crippen LogP contribution < -0.4 is 5.32 Å². The van der Waals surface area contributed by atoms with Crippen molar-refractivity contribution in [3.63, 3.8) is 0 Å². The van der Waals surface area contributed by atoms with Gasteiger partial charge in [0.05, 0.1) is 6.54 Å². The molecular weight excluding hydrogens is 202 g/mol. The van der Waals surface area contributed by atoms with E-state index < -0.39 is 0 Å². The van der Waals surface area contributed by atoms with Crippen molar-refractivity contribution in [2.75, 3.05) is 20.3 Å². The number of unbranched alkanes of at least 4 members (excludes halogenated alkanes) is 1. The number of imidazole rings is 1. The number of nitrogens with one attached hydrogen (secondary N) is 1. The van der Waals surface area contributed by atoms with Crippen LogP contribution >= 0.6 is 0 Å². The Bertz CT molecular complexity index is 273. The summed E-state index contributed by atoms with van der Waals surface area (Å²) in [5, 5.41) is 3.37. The highest BCUT2D eigenvalue weighted by Crippen LogP contribution is 2.01. The summed E-state index contributed by atoms with van der Waals surface area (Å²) in [6.07, 6.45) is 7.34. The summed E-state index contributed by atoms with van der Waals surface area (Å²) in [5.74, 6) is 1.13. The first-order valence-corrected chi connectivity index (χ1v) is 6.08. The molecule has 0 bridgehead atoms. The first-order chi connectivity index (χ1) is 7.88. The Kier molecular flexibility index (Phi) is 6.85. The molecule has 0 atom stereocenters. The lowest BCUT2D eigenvalue weighted by atomic mass is 10.3. The van der Waals surface area contributed by atoms with Gasteiger partial charge in [-0.05, 0) is 25.8 Å². The van der Waals surface area contributed by atoms with Gasteiger partial charge in [-0.2, -0.15) is 0 Å². The fraction of sp³-hybridized carbons (Fsp3) is 0.750. The maximum absolute atomic E-state index is 5.03. The van der Waals surface area contributed by atoms with Crippen molar-refractivity contribution < 1.29 is 4.74 Å². The molecule has 0 aliphatic rings. The van der Waals surface area contributed by atoms with E-state index in [0.29, 0.717) is 0 Å². The Morgan fingerprint density at radius 2 is 2.31 bits per heavy atom. The highest BCUT2D eigenvalue weighted by atomic mass is 16.5. The number of nitrogens with zero attached hydrogens (tertiary/aromatic N) is 2. The summed E-state index contributed by atoms with van der Waals surface area (Å²) in [7, 11) is 1.75. The molecule has 0 saturated carbocycles. The number of hydrogen-bond acceptors (Lipinski definition) is 3. The summed E-state index contributed by atoms with van der Waals surface area (Å²) in [6, 6.07) is 0. The maximum Gasteiger partial charge on any atom is 0.122 e. The zero-order chi connectivity index (χ0) is 11.6. The van der Waals surface area contributed by atoms with E-state index in [2.05, 4.69) is 28.0 Å². The van der Waals surface area contributed by atoms with Crippen molar-refractivity contribution in [2.24, 2.45) is 0 Å². The van der Waals surface area contributed by atoms with Crippen LogP contribution in [0.15, 0.2) is 12.4 Å². The fourth-order valence-corrected chi connectivity index (χ4v) is 1.62. The van der Waals surface area contributed by atoms with Gasteiger partial charge in [-0.25, -0.2) is 4.98 Å². The lowest BCUT2D eigenvalue weighted by Gasteiger charge is -2.08. The van der Waals surface area contributed by atoms with E-state index in [1.54, 1.807) is 7.11 Å². The monoisotopic (exact) mass is 225 g/mol. The van der Waals surface area contributed by atoms with Crippen molar-refractivity contribution in [3.8, 4) is 0 Å². The SMILES string of the molecule is CCCNCc1nccn1CCCCOC. The molecule has 1 aromatic heterocycles. The van der Waals surface area contributed by atoms with E-state index in [-0.39, 0.29) is 0 Å². The van der Waals surface area contributed by atoms with Gasteiger partial charge in [-0.15, -0.1) is 0 Å². The molecule has 0 unspecified atom stereocenters. The van der Waals surface area contributed by atoms with Crippen LogP contribution in [0, 0.1) is 0 Å². The Labute approximate surface area is 98.0 Å². The Morgan fingerprint density at radius 1 is 1.44 bits per heavy atom. The number of aromatic nitrogens is 2. The topological polar surface area (TPSA) is 39.1 Å². The largest absolute Gasteiger partial charge is 0.385 e. The Morgan fingerprint density at radius 3 is 3.06 bits per heavy atom. The van der Waals surface area contributed by atoms with Crippen molar-refractivity contribution in [2.45, 2.75) is 39.3 Å². The van der Waals surface area contributed by atoms with Gasteiger partial charge in [0.25, 0.3) is 0 Å². The molecule has 0 saturated heterocycles. The molecule has 4 heteroatoms. The summed E-state index contributed by atoms with van der Waals surface area (Å²) in [6.45, 7) is 5.97. The van der Waals surface area contributed by atoms with E-state index in [9.17, 15) is 0 Å². The van der Waals surface area contributed by atoms with Crippen molar-refractivity contribution >= 4 is 0 Å². The molecule has 1 rings (SSSR count). The van der Waals surface area contributed by atoms with Gasteiger partial charge in [0.2, 0.25) is 0 Å². The van der Waals surface area contributed by atoms with E-state index in [4.69, 9.17) is 4.74 Å². The summed E-state index contributed by atoms with van der Waals surface area (Å²) in [4.78, 5) is 4.36. The van der Waals surface area contributed by atoms with Gasteiger partial charge >= 0.3 is 0 Å². The van der Waals surface area contributed by atoms with Crippen LogP contribution in [-0.4, -0.2) is 29.8 Å². The Balaban J connectivity index is 2.26. The van der Waals surface area contributed by atoms with E-state index in [0.717, 1.165) is 51.3 Å². The minimum Gasteiger partial charge on any atom is -0.385 e. The van der Waals surface area contributed by atoms with Gasteiger partial charge in [0.1, 0.15) is 5.82 Å². The van der Waals surface area contributed by atoms with Gasteiger partial charge < -0.3 is 14.6 Å². The lowest BCUT2D eigenvalue weighted by Crippen LogP contribution is -2.17. The van der Waals surface area contributed by atoms with Crippen molar-refractivity contribution in [1.82, 2.24) is 14.9 Å². The molecule has 0 aliphatic carbocycles. The Hall–Kier alpha value is -0.870. The van der Waals surface area contributed by atoms with Crippen LogP contribution in [0.4, 0.5) is 0 Å². The van der Waals surface area contributed by atoms with Gasteiger partial charge in [0, 0.05) is 32.7 Å². The average Bonchev–Trinajstić information content (AvgIpc) is 2.73. The predicted octanol–water partition coefficient (Wildman–Crippen LogP) is 1.81. The lowest BCUT2D eigenvalue weighted by molar-refractivity contribution is 0.191. The van der Waals surface area contributed by atoms with Gasteiger partial charge in [0.15, 0.2) is 0 Å². The fourth-order valence-electron chi connectivity index (χ4n) is 1.62. The highest BCUT2D eigenvalue weighted by molar-refractivity contribution is 4.91. The molecule has 0 aliphatic heterocycles. The third kappa shape index (κ3) is 4.77. The van der Waals surface area contributed by atoms with Gasteiger partial charge in [-0.3, -0.25) is 0 Å². The first kappa shape index (κ1) is 13.2. The van der Waals surface area contributed by atoms with Crippen LogP contribution in [0.2, 0.25) is 0 Å². The number of aryl methyl sites for hydroxylation is 1. The quantitative estimate of drug-likeness (QED) is 0.651. The second-order valence-corrected chi connectivity index (χ2v) is 3.91. The minimum absolute atomic E-state index is 0.845. The highest BCUT2D eigenvalue weighted by Gasteiger charge is 2.01. The first-order valence-electron chi connectivity index (χ1n) is 6.08. The predicted molar refractivity (Wildman–Crippen MR) is 65.3 cm³/mol. The number of rotatable bonds is 9. The molecule has 92 valence electrons. The van der Waals surface area contributed by atoms with Crippen LogP contribution in [-0.2, 0) is 17.8 Å². The number of ether oxygens (including phenoxy) is 1. The molecule has 0 spiro atoms. The van der Waals surface area contributed by atoms with E-state index >= 15 is 0 Å². The minimum atomic E-state index is 0.845. The third-order valence-corrected chi connectivity index (χ3v) is 2.51. The zero-order valence-corrected chi connectivity index (χ0v) is 10.4. The van der Waals surface area contributed by atoms with Crippen LogP contribution in [0.5, 0.6) is 0 Å². The van der Waals surface area contributed by atoms with Crippen molar-refractivity contribution in [1.29, 1.82) is 0 Å². The molecule has 1 heterocycles. The second kappa shape index (κ2) is 8.30. The number of methoxy groups -OCH3 is 1. The molecule has 0 aromatic carbocycles. The standard InChI is InChI=1S/C12H23N3O/c1-3-6-13-11-12-14-7-9-15(12)8-4-5-10-16-2/h7,9,13H,3-6,8,10-11H2,1-2H3. The number of hydrogen-bond donors (Lipinski definition) is 1. The van der Waals surface area contributed by atoms with E-state index in [1.807, 2.05) is 6.20 Å². The summed E-state index contributed by atoms with van der Waals surface area (Å²) < 4.78 is 7.25. The van der Waals surface area contributed by atoms with Crippen LogP contribution in [0.3, 0.4) is 0 Å². The molecule has 0 radical (unpaired) electrons. The average molecular weight is 225 g/mol. The third-order valence-electron chi connectivity index (χ3n) is 2.51. The second-order valence-electron chi connectivity index (χ2n) is 3.91.